The topological polar surface area (TPSA) is 56.9 Å². The Morgan fingerprint density at radius 1 is 1.26 bits per heavy atom. The summed E-state index contributed by atoms with van der Waals surface area (Å²) in [6.07, 6.45) is -0.146. The molecule has 0 amide bonds. The van der Waals surface area contributed by atoms with Crippen molar-refractivity contribution in [3.63, 3.8) is 0 Å². The Labute approximate surface area is 139 Å². The summed E-state index contributed by atoms with van der Waals surface area (Å²) in [5, 5.41) is 0.307. The Morgan fingerprint density at radius 3 is 2.48 bits per heavy atom. The number of fused-ring (bicyclic) bond motifs is 1. The largest absolute Gasteiger partial charge is 0.299 e. The Balaban J connectivity index is 2.26. The number of hydrogen-bond acceptors (Lipinski definition) is 3. The first-order chi connectivity index (χ1) is 10.7. The van der Waals surface area contributed by atoms with Crippen LogP contribution in [-0.2, 0) is 7.05 Å². The van der Waals surface area contributed by atoms with Crippen molar-refractivity contribution in [2.45, 2.75) is 44.6 Å². The SMILES string of the molecule is Cc1nc2c(cc(Br)c(=O)n2C2CCC(F)(F)CC2)c(=O)n1C. The predicted molar refractivity (Wildman–Crippen MR) is 86.1 cm³/mol. The van der Waals surface area contributed by atoms with Crippen LogP contribution >= 0.6 is 15.9 Å². The second-order valence-electron chi connectivity index (χ2n) is 6.02. The van der Waals surface area contributed by atoms with Gasteiger partial charge in [-0.15, -0.1) is 0 Å². The molecule has 0 N–H and O–H groups in total. The maximum atomic E-state index is 13.4. The molecule has 2 aromatic rings. The van der Waals surface area contributed by atoms with E-state index in [-0.39, 0.29) is 53.0 Å². The third kappa shape index (κ3) is 2.73. The Morgan fingerprint density at radius 2 is 1.87 bits per heavy atom. The number of nitrogens with zero attached hydrogens (tertiary/aromatic N) is 3. The van der Waals surface area contributed by atoms with Gasteiger partial charge in [-0.25, -0.2) is 13.8 Å². The van der Waals surface area contributed by atoms with Gasteiger partial charge in [0.25, 0.3) is 11.1 Å². The maximum absolute atomic E-state index is 13.4. The van der Waals surface area contributed by atoms with E-state index in [0.717, 1.165) is 0 Å². The van der Waals surface area contributed by atoms with Crippen molar-refractivity contribution in [1.82, 2.24) is 14.1 Å². The lowest BCUT2D eigenvalue weighted by molar-refractivity contribution is -0.0439. The summed E-state index contributed by atoms with van der Waals surface area (Å²) in [4.78, 5) is 29.3. The van der Waals surface area contributed by atoms with Crippen molar-refractivity contribution < 1.29 is 8.78 Å². The van der Waals surface area contributed by atoms with Gasteiger partial charge in [0.1, 0.15) is 5.82 Å². The first-order valence-corrected chi connectivity index (χ1v) is 8.17. The van der Waals surface area contributed by atoms with Gasteiger partial charge < -0.3 is 0 Å². The summed E-state index contributed by atoms with van der Waals surface area (Å²) >= 11 is 3.18. The molecule has 1 saturated carbocycles. The van der Waals surface area contributed by atoms with Crippen molar-refractivity contribution in [3.8, 4) is 0 Å². The molecule has 0 radical (unpaired) electrons. The quantitative estimate of drug-likeness (QED) is 0.755. The number of aryl methyl sites for hydroxylation is 1. The Hall–Kier alpha value is -1.57. The van der Waals surface area contributed by atoms with Crippen LogP contribution in [0.4, 0.5) is 8.78 Å². The van der Waals surface area contributed by atoms with Crippen molar-refractivity contribution in [2.75, 3.05) is 0 Å². The van der Waals surface area contributed by atoms with Gasteiger partial charge in [-0.05, 0) is 41.8 Å². The van der Waals surface area contributed by atoms with Crippen molar-refractivity contribution in [3.05, 3.63) is 37.1 Å². The van der Waals surface area contributed by atoms with E-state index in [1.165, 1.54) is 15.2 Å². The van der Waals surface area contributed by atoms with Gasteiger partial charge in [0.2, 0.25) is 5.92 Å². The third-order valence-corrected chi connectivity index (χ3v) is 5.07. The highest BCUT2D eigenvalue weighted by Crippen LogP contribution is 2.38. The van der Waals surface area contributed by atoms with Gasteiger partial charge in [0.05, 0.1) is 9.86 Å². The molecule has 3 rings (SSSR count). The predicted octanol–water partition coefficient (Wildman–Crippen LogP) is 2.92. The molecule has 0 spiro atoms. The minimum atomic E-state index is -2.68. The summed E-state index contributed by atoms with van der Waals surface area (Å²) in [5.41, 5.74) is -0.329. The van der Waals surface area contributed by atoms with Gasteiger partial charge in [-0.2, -0.15) is 0 Å². The zero-order chi connectivity index (χ0) is 16.9. The number of aromatic nitrogens is 3. The molecule has 0 aliphatic heterocycles. The monoisotopic (exact) mass is 387 g/mol. The van der Waals surface area contributed by atoms with E-state index in [0.29, 0.717) is 11.2 Å². The number of pyridine rings is 1. The van der Waals surface area contributed by atoms with Crippen molar-refractivity contribution in [2.24, 2.45) is 7.05 Å². The summed E-state index contributed by atoms with van der Waals surface area (Å²) in [5.74, 6) is -2.21. The maximum Gasteiger partial charge on any atom is 0.266 e. The van der Waals surface area contributed by atoms with E-state index in [1.807, 2.05) is 0 Å². The van der Waals surface area contributed by atoms with E-state index in [1.54, 1.807) is 14.0 Å². The Kier molecular flexibility index (Phi) is 3.90. The smallest absolute Gasteiger partial charge is 0.266 e. The number of alkyl halides is 2. The summed E-state index contributed by atoms with van der Waals surface area (Å²) < 4.78 is 29.9. The highest BCUT2D eigenvalue weighted by Gasteiger charge is 2.36. The molecule has 124 valence electrons. The minimum absolute atomic E-state index is 0.189. The highest BCUT2D eigenvalue weighted by molar-refractivity contribution is 9.10. The molecule has 1 aliphatic carbocycles. The summed E-state index contributed by atoms with van der Waals surface area (Å²) in [6, 6.07) is 1.08. The fourth-order valence-electron chi connectivity index (χ4n) is 3.04. The molecule has 1 aliphatic rings. The van der Waals surface area contributed by atoms with Crippen LogP contribution in [0.3, 0.4) is 0 Å². The number of rotatable bonds is 1. The van der Waals surface area contributed by atoms with Gasteiger partial charge in [-0.1, -0.05) is 0 Å². The molecule has 0 atom stereocenters. The van der Waals surface area contributed by atoms with Crippen LogP contribution in [0.2, 0.25) is 0 Å². The molecule has 1 fully saturated rings. The molecular formula is C15H16BrF2N3O2. The molecule has 0 unspecified atom stereocenters. The lowest BCUT2D eigenvalue weighted by Crippen LogP contribution is -2.34. The highest BCUT2D eigenvalue weighted by atomic mass is 79.9. The zero-order valence-electron chi connectivity index (χ0n) is 12.8. The molecule has 2 heterocycles. The van der Waals surface area contributed by atoms with Gasteiger partial charge in [0, 0.05) is 25.9 Å². The lowest BCUT2D eigenvalue weighted by atomic mass is 9.92. The molecule has 0 saturated heterocycles. The van der Waals surface area contributed by atoms with Crippen molar-refractivity contribution in [1.29, 1.82) is 0 Å². The van der Waals surface area contributed by atoms with E-state index in [9.17, 15) is 18.4 Å². The van der Waals surface area contributed by atoms with Crippen LogP contribution in [-0.4, -0.2) is 20.0 Å². The zero-order valence-corrected chi connectivity index (χ0v) is 14.4. The normalized spacial score (nSPS) is 18.5. The molecule has 5 nitrogen and oxygen atoms in total. The van der Waals surface area contributed by atoms with E-state index in [4.69, 9.17) is 0 Å². The van der Waals surface area contributed by atoms with Gasteiger partial charge in [-0.3, -0.25) is 18.7 Å². The molecule has 0 aromatic carbocycles. The standard InChI is InChI=1S/C15H16BrF2N3O2/c1-8-19-12-10(13(22)20(8)2)7-11(16)14(23)21(12)9-3-5-15(17,18)6-4-9/h7,9H,3-6H2,1-2H3. The average Bonchev–Trinajstić information content (AvgIpc) is 2.49. The van der Waals surface area contributed by atoms with Crippen LogP contribution in [0.25, 0.3) is 11.0 Å². The van der Waals surface area contributed by atoms with Gasteiger partial charge >= 0.3 is 0 Å². The second kappa shape index (κ2) is 5.51. The van der Waals surface area contributed by atoms with E-state index >= 15 is 0 Å². The average molecular weight is 388 g/mol. The molecule has 8 heteroatoms. The van der Waals surface area contributed by atoms with Crippen LogP contribution in [0.15, 0.2) is 20.1 Å². The molecule has 23 heavy (non-hydrogen) atoms. The Bertz CT molecular complexity index is 894. The van der Waals surface area contributed by atoms with Crippen LogP contribution < -0.4 is 11.1 Å². The molecular weight excluding hydrogens is 372 g/mol. The van der Waals surface area contributed by atoms with E-state index < -0.39 is 5.92 Å². The second-order valence-corrected chi connectivity index (χ2v) is 6.87. The van der Waals surface area contributed by atoms with E-state index in [2.05, 4.69) is 20.9 Å². The fourth-order valence-corrected chi connectivity index (χ4v) is 3.46. The number of hydrogen-bond donors (Lipinski definition) is 0. The lowest BCUT2D eigenvalue weighted by Gasteiger charge is -2.30. The van der Waals surface area contributed by atoms with Gasteiger partial charge in [0.15, 0.2) is 5.65 Å². The number of halogens is 3. The first-order valence-electron chi connectivity index (χ1n) is 7.37. The molecule has 0 bridgehead atoms. The first kappa shape index (κ1) is 16.3. The van der Waals surface area contributed by atoms with Crippen LogP contribution in [0.1, 0.15) is 37.5 Å². The summed E-state index contributed by atoms with van der Waals surface area (Å²) in [6.45, 7) is 1.67. The molecule has 2 aromatic heterocycles. The minimum Gasteiger partial charge on any atom is -0.299 e. The van der Waals surface area contributed by atoms with Crippen molar-refractivity contribution >= 4 is 27.0 Å². The van der Waals surface area contributed by atoms with Crippen LogP contribution in [0.5, 0.6) is 0 Å². The van der Waals surface area contributed by atoms with Crippen LogP contribution in [0, 0.1) is 6.92 Å². The summed E-state index contributed by atoms with van der Waals surface area (Å²) in [7, 11) is 1.61. The third-order valence-electron chi connectivity index (χ3n) is 4.50. The fraction of sp³-hybridized carbons (Fsp3) is 0.533.